The first-order valence-corrected chi connectivity index (χ1v) is 5.42. The minimum absolute atomic E-state index is 1.06. The van der Waals surface area contributed by atoms with Gasteiger partial charge in [0.15, 0.2) is 0 Å². The molecule has 0 saturated heterocycles. The molecule has 0 bridgehead atoms. The van der Waals surface area contributed by atoms with Crippen LogP contribution in [0.25, 0.3) is 0 Å². The maximum atomic E-state index is 11.7. The fourth-order valence-electron chi connectivity index (χ4n) is 0.209. The minimum Gasteiger partial charge on any atom is -0.255 e. The lowest BCUT2D eigenvalue weighted by Crippen LogP contribution is -2.27. The van der Waals surface area contributed by atoms with E-state index in [1.807, 2.05) is 0 Å². The summed E-state index contributed by atoms with van der Waals surface area (Å²) in [7, 11) is -2.84. The topological polar surface area (TPSA) is 75.8 Å². The molecule has 0 amide bonds. The molecule has 13 heavy (non-hydrogen) atoms. The Morgan fingerprint density at radius 2 is 1.77 bits per heavy atom. The van der Waals surface area contributed by atoms with Gasteiger partial charge >= 0.3 is 15.5 Å². The monoisotopic (exact) mass is 239 g/mol. The van der Waals surface area contributed by atoms with E-state index in [1.165, 1.54) is 14.1 Å². The van der Waals surface area contributed by atoms with Crippen LogP contribution in [-0.2, 0) is 21.1 Å². The Balaban J connectivity index is 5.03. The van der Waals surface area contributed by atoms with Crippen LogP contribution in [-0.4, -0.2) is 32.3 Å². The number of halogens is 3. The Kier molecular flexibility index (Phi) is 3.84. The predicted molar refractivity (Wildman–Crippen MR) is 42.6 cm³/mol. The summed E-state index contributed by atoms with van der Waals surface area (Å²) in [6.07, 6.45) is 0. The zero-order valence-corrected chi connectivity index (χ0v) is 8.37. The molecule has 0 heterocycles. The van der Waals surface area contributed by atoms with Crippen molar-refractivity contribution in [3.63, 3.8) is 0 Å². The van der Waals surface area contributed by atoms with Gasteiger partial charge < -0.3 is 0 Å². The fraction of sp³-hybridized carbons (Fsp3) is 1.00. The normalized spacial score (nSPS) is 16.5. The Morgan fingerprint density at radius 3 is 2.00 bits per heavy atom. The number of alkyl halides is 3. The molecule has 1 unspecified atom stereocenters. The molecule has 0 aromatic carbocycles. The molecule has 5 nitrogen and oxygen atoms in total. The minimum atomic E-state index is -5.47. The molecule has 80 valence electrons. The van der Waals surface area contributed by atoms with Crippen molar-refractivity contribution >= 4 is 21.1 Å². The second-order valence-corrected chi connectivity index (χ2v) is 5.42. The molecule has 0 rings (SSSR count). The summed E-state index contributed by atoms with van der Waals surface area (Å²) in [6, 6.07) is 0. The van der Waals surface area contributed by atoms with E-state index in [-0.39, 0.29) is 0 Å². The van der Waals surface area contributed by atoms with Crippen molar-refractivity contribution in [2.24, 2.45) is 8.91 Å². The number of nitrogens with two attached hydrogens (primary N) is 1. The first-order chi connectivity index (χ1) is 5.58. The van der Waals surface area contributed by atoms with Gasteiger partial charge in [0.25, 0.3) is 0 Å². The number of rotatable bonds is 2. The van der Waals surface area contributed by atoms with Gasteiger partial charge in [-0.15, -0.1) is 3.77 Å². The van der Waals surface area contributed by atoms with Crippen molar-refractivity contribution in [1.82, 2.24) is 4.31 Å². The number of hydrogen-bond acceptors (Lipinski definition) is 2. The first kappa shape index (κ1) is 12.8. The van der Waals surface area contributed by atoms with Gasteiger partial charge in [-0.3, -0.25) is 5.14 Å². The van der Waals surface area contributed by atoms with E-state index in [2.05, 4.69) is 3.77 Å². The second-order valence-electron chi connectivity index (χ2n) is 2.10. The second kappa shape index (κ2) is 3.90. The molecular formula is C3H8F3N3O2S2. The molecule has 0 aromatic rings. The van der Waals surface area contributed by atoms with E-state index >= 15 is 0 Å². The van der Waals surface area contributed by atoms with Crippen LogP contribution >= 0.6 is 0 Å². The standard InChI is InChI=1S/C3H8F3N3O2S2/c1-9(2)12(7)8-13(10,11)3(4,5)6/h1-2H3,(H2,7,8). The van der Waals surface area contributed by atoms with Crippen molar-refractivity contribution in [2.45, 2.75) is 5.51 Å². The highest BCUT2D eigenvalue weighted by molar-refractivity contribution is 7.98. The molecule has 0 aliphatic rings. The number of nitrogens with zero attached hydrogens (tertiary/aromatic N) is 2. The predicted octanol–water partition coefficient (Wildman–Crippen LogP) is -0.0118. The van der Waals surface area contributed by atoms with Gasteiger partial charge in [0.1, 0.15) is 0 Å². The highest BCUT2D eigenvalue weighted by Crippen LogP contribution is 2.24. The summed E-state index contributed by atoms with van der Waals surface area (Å²) in [5.74, 6) is 0. The van der Waals surface area contributed by atoms with Crippen molar-refractivity contribution in [2.75, 3.05) is 14.1 Å². The maximum absolute atomic E-state index is 11.7. The van der Waals surface area contributed by atoms with Crippen molar-refractivity contribution in [3.8, 4) is 0 Å². The van der Waals surface area contributed by atoms with E-state index in [1.54, 1.807) is 0 Å². The SMILES string of the molecule is CN(C)S(N)=NS(=O)(=O)C(F)(F)F. The van der Waals surface area contributed by atoms with Crippen LogP contribution in [0.2, 0.25) is 0 Å². The molecule has 0 saturated carbocycles. The van der Waals surface area contributed by atoms with Crippen LogP contribution in [0.4, 0.5) is 13.2 Å². The molecular weight excluding hydrogens is 231 g/mol. The summed E-state index contributed by atoms with van der Waals surface area (Å²) in [5.41, 5.74) is -5.38. The van der Waals surface area contributed by atoms with E-state index in [4.69, 9.17) is 5.14 Å². The third-order valence-corrected chi connectivity index (χ3v) is 3.57. The van der Waals surface area contributed by atoms with Crippen LogP contribution in [0, 0.1) is 0 Å². The molecule has 0 aliphatic carbocycles. The largest absolute Gasteiger partial charge is 0.519 e. The molecule has 0 aromatic heterocycles. The van der Waals surface area contributed by atoms with Crippen LogP contribution in [0.1, 0.15) is 0 Å². The average Bonchev–Trinajstić information content (AvgIpc) is 1.83. The zero-order chi connectivity index (χ0) is 10.9. The first-order valence-electron chi connectivity index (χ1n) is 2.78. The average molecular weight is 239 g/mol. The van der Waals surface area contributed by atoms with Crippen LogP contribution in [0.3, 0.4) is 0 Å². The molecule has 0 spiro atoms. The lowest BCUT2D eigenvalue weighted by molar-refractivity contribution is -0.0434. The Bertz CT molecular complexity index is 306. The summed E-state index contributed by atoms with van der Waals surface area (Å²) in [6.45, 7) is 0. The summed E-state index contributed by atoms with van der Waals surface area (Å²) >= 11 is -1.79. The van der Waals surface area contributed by atoms with Crippen molar-refractivity contribution < 1.29 is 21.6 Å². The van der Waals surface area contributed by atoms with E-state index in [0.29, 0.717) is 0 Å². The van der Waals surface area contributed by atoms with Gasteiger partial charge in [-0.25, -0.2) is 4.31 Å². The van der Waals surface area contributed by atoms with Crippen LogP contribution < -0.4 is 5.14 Å². The van der Waals surface area contributed by atoms with Gasteiger partial charge in [-0.05, 0) is 14.1 Å². The lowest BCUT2D eigenvalue weighted by Gasteiger charge is -2.09. The molecule has 0 aliphatic heterocycles. The Hall–Kier alpha value is -0.190. The molecule has 2 N–H and O–H groups in total. The quantitative estimate of drug-likeness (QED) is 0.735. The molecule has 0 radical (unpaired) electrons. The third kappa shape index (κ3) is 3.58. The Labute approximate surface area is 76.1 Å². The van der Waals surface area contributed by atoms with Crippen molar-refractivity contribution in [3.05, 3.63) is 0 Å². The highest BCUT2D eigenvalue weighted by atomic mass is 32.3. The van der Waals surface area contributed by atoms with Crippen molar-refractivity contribution in [1.29, 1.82) is 0 Å². The zero-order valence-electron chi connectivity index (χ0n) is 6.74. The summed E-state index contributed by atoms with van der Waals surface area (Å²) in [4.78, 5) is 0. The number of hydrogen-bond donors (Lipinski definition) is 1. The van der Waals surface area contributed by atoms with E-state index in [9.17, 15) is 21.6 Å². The van der Waals surface area contributed by atoms with E-state index in [0.717, 1.165) is 4.31 Å². The molecule has 0 fully saturated rings. The van der Waals surface area contributed by atoms with Crippen LogP contribution in [0.5, 0.6) is 0 Å². The van der Waals surface area contributed by atoms with Gasteiger partial charge in [0.05, 0.1) is 11.1 Å². The molecule has 1 atom stereocenters. The van der Waals surface area contributed by atoms with Gasteiger partial charge in [-0.2, -0.15) is 21.6 Å². The van der Waals surface area contributed by atoms with Gasteiger partial charge in [0, 0.05) is 0 Å². The lowest BCUT2D eigenvalue weighted by atomic mass is 11.3. The summed E-state index contributed by atoms with van der Waals surface area (Å²) < 4.78 is 59.4. The Morgan fingerprint density at radius 1 is 1.38 bits per heavy atom. The molecule has 10 heteroatoms. The fourth-order valence-corrected chi connectivity index (χ4v) is 1.89. The third-order valence-electron chi connectivity index (χ3n) is 0.841. The summed E-state index contributed by atoms with van der Waals surface area (Å²) in [5, 5.41) is 5.01. The van der Waals surface area contributed by atoms with Crippen LogP contribution in [0.15, 0.2) is 3.77 Å². The van der Waals surface area contributed by atoms with E-state index < -0.39 is 26.6 Å². The number of sulfonamides is 1. The van der Waals surface area contributed by atoms with Gasteiger partial charge in [0.2, 0.25) is 0 Å². The van der Waals surface area contributed by atoms with Gasteiger partial charge in [-0.1, -0.05) is 0 Å². The smallest absolute Gasteiger partial charge is 0.255 e. The maximum Gasteiger partial charge on any atom is 0.519 e. The highest BCUT2D eigenvalue weighted by Gasteiger charge is 2.46.